The summed E-state index contributed by atoms with van der Waals surface area (Å²) >= 11 is 0. The topological polar surface area (TPSA) is 59.7 Å². The molecule has 6 nitrogen and oxygen atoms in total. The number of carbonyl (C=O) groups excluding carboxylic acids is 1. The molecule has 2 aromatic rings. The van der Waals surface area contributed by atoms with Crippen LogP contribution in [0.3, 0.4) is 0 Å². The lowest BCUT2D eigenvalue weighted by Gasteiger charge is -2.31. The highest BCUT2D eigenvalue weighted by Gasteiger charge is 2.34. The molecular weight excluding hydrogens is 328 g/mol. The minimum absolute atomic E-state index is 0.000588. The molecule has 3 heterocycles. The van der Waals surface area contributed by atoms with Crippen LogP contribution in [-0.4, -0.2) is 45.1 Å². The van der Waals surface area contributed by atoms with E-state index in [1.54, 1.807) is 4.52 Å². The zero-order valence-corrected chi connectivity index (χ0v) is 15.9. The Hall–Kier alpha value is -2.11. The van der Waals surface area contributed by atoms with Gasteiger partial charge < -0.3 is 9.64 Å². The zero-order valence-electron chi connectivity index (χ0n) is 15.9. The Morgan fingerprint density at radius 3 is 2.58 bits per heavy atom. The fourth-order valence-electron chi connectivity index (χ4n) is 3.41. The number of likely N-dealkylation sites (tertiary alicyclic amines) is 1. The van der Waals surface area contributed by atoms with Gasteiger partial charge >= 0.3 is 0 Å². The summed E-state index contributed by atoms with van der Waals surface area (Å²) in [6, 6.07) is 3.84. The molecule has 0 atom stereocenters. The Morgan fingerprint density at radius 2 is 1.92 bits per heavy atom. The second kappa shape index (κ2) is 6.56. The van der Waals surface area contributed by atoms with Crippen LogP contribution in [0.5, 0.6) is 5.88 Å². The van der Waals surface area contributed by atoms with Crippen LogP contribution >= 0.6 is 0 Å². The number of ether oxygens (including phenoxy) is 1. The fraction of sp³-hybridized carbons (Fsp3) is 0.650. The van der Waals surface area contributed by atoms with E-state index in [1.807, 2.05) is 23.2 Å². The summed E-state index contributed by atoms with van der Waals surface area (Å²) in [7, 11) is 0. The highest BCUT2D eigenvalue weighted by atomic mass is 16.5. The van der Waals surface area contributed by atoms with Gasteiger partial charge in [-0.25, -0.2) is 9.50 Å². The second-order valence-corrected chi connectivity index (χ2v) is 8.70. The molecule has 26 heavy (non-hydrogen) atoms. The average molecular weight is 356 g/mol. The summed E-state index contributed by atoms with van der Waals surface area (Å²) in [6.45, 7) is 8.83. The minimum atomic E-state index is 0.000588. The standard InChI is InChI=1S/C20H28N4O2/c1-20(2,3)16-12-24-17(21-16)6-7-18(22-24)26-13-14-8-10-23(11-9-14)19(25)15-4-5-15/h6-7,12,14-15H,4-5,8-11,13H2,1-3H3. The van der Waals surface area contributed by atoms with Crippen molar-refractivity contribution in [1.29, 1.82) is 0 Å². The Balaban J connectivity index is 1.32. The van der Waals surface area contributed by atoms with Crippen molar-refractivity contribution in [3.8, 4) is 5.88 Å². The second-order valence-electron chi connectivity index (χ2n) is 8.70. The fourth-order valence-corrected chi connectivity index (χ4v) is 3.41. The van der Waals surface area contributed by atoms with Crippen molar-refractivity contribution in [3.05, 3.63) is 24.0 Å². The molecular formula is C20H28N4O2. The van der Waals surface area contributed by atoms with Crippen LogP contribution in [0.2, 0.25) is 0 Å². The monoisotopic (exact) mass is 356 g/mol. The maximum Gasteiger partial charge on any atom is 0.231 e. The Labute approximate surface area is 154 Å². The molecule has 0 radical (unpaired) electrons. The van der Waals surface area contributed by atoms with Crippen LogP contribution in [0.1, 0.15) is 52.1 Å². The van der Waals surface area contributed by atoms with E-state index in [4.69, 9.17) is 4.74 Å². The van der Waals surface area contributed by atoms with Crippen molar-refractivity contribution in [2.24, 2.45) is 11.8 Å². The van der Waals surface area contributed by atoms with Crippen molar-refractivity contribution in [1.82, 2.24) is 19.5 Å². The lowest BCUT2D eigenvalue weighted by Crippen LogP contribution is -2.40. The van der Waals surface area contributed by atoms with Crippen LogP contribution in [0.25, 0.3) is 5.65 Å². The smallest absolute Gasteiger partial charge is 0.231 e. The summed E-state index contributed by atoms with van der Waals surface area (Å²) in [5.41, 5.74) is 1.87. The van der Waals surface area contributed by atoms with E-state index in [2.05, 4.69) is 30.9 Å². The van der Waals surface area contributed by atoms with Crippen molar-refractivity contribution in [2.75, 3.05) is 19.7 Å². The van der Waals surface area contributed by atoms with Gasteiger partial charge in [0.2, 0.25) is 11.8 Å². The maximum atomic E-state index is 12.1. The first-order valence-electron chi connectivity index (χ1n) is 9.68. The third-order valence-electron chi connectivity index (χ3n) is 5.38. The number of nitrogens with zero attached hydrogens (tertiary/aromatic N) is 4. The van der Waals surface area contributed by atoms with Gasteiger partial charge in [-0.3, -0.25) is 4.79 Å². The number of rotatable bonds is 4. The van der Waals surface area contributed by atoms with Crippen LogP contribution in [0.15, 0.2) is 18.3 Å². The molecule has 140 valence electrons. The molecule has 2 aromatic heterocycles. The third kappa shape index (κ3) is 3.69. The molecule has 2 aliphatic rings. The van der Waals surface area contributed by atoms with Gasteiger partial charge in [0, 0.05) is 30.5 Å². The molecule has 1 amide bonds. The van der Waals surface area contributed by atoms with Gasteiger partial charge in [-0.1, -0.05) is 20.8 Å². The van der Waals surface area contributed by atoms with Crippen molar-refractivity contribution < 1.29 is 9.53 Å². The Bertz CT molecular complexity index is 796. The maximum absolute atomic E-state index is 12.1. The zero-order chi connectivity index (χ0) is 18.3. The lowest BCUT2D eigenvalue weighted by atomic mass is 9.93. The number of aromatic nitrogens is 3. The molecule has 0 spiro atoms. The van der Waals surface area contributed by atoms with Crippen LogP contribution in [0, 0.1) is 11.8 Å². The van der Waals surface area contributed by atoms with Gasteiger partial charge in [-0.05, 0) is 37.7 Å². The quantitative estimate of drug-likeness (QED) is 0.845. The van der Waals surface area contributed by atoms with E-state index >= 15 is 0 Å². The van der Waals surface area contributed by atoms with Gasteiger partial charge in [0.05, 0.1) is 18.5 Å². The van der Waals surface area contributed by atoms with Crippen LogP contribution in [0.4, 0.5) is 0 Å². The van der Waals surface area contributed by atoms with E-state index in [-0.39, 0.29) is 5.41 Å². The lowest BCUT2D eigenvalue weighted by molar-refractivity contribution is -0.134. The largest absolute Gasteiger partial charge is 0.476 e. The highest BCUT2D eigenvalue weighted by Crippen LogP contribution is 2.32. The van der Waals surface area contributed by atoms with Crippen molar-refractivity contribution in [3.63, 3.8) is 0 Å². The SMILES string of the molecule is CC(C)(C)c1cn2nc(OCC3CCN(C(=O)C4CC4)CC3)ccc2n1. The normalized spacial score (nSPS) is 19.1. The molecule has 1 aliphatic carbocycles. The number of amides is 1. The van der Waals surface area contributed by atoms with Crippen LogP contribution in [-0.2, 0) is 10.2 Å². The van der Waals surface area contributed by atoms with Gasteiger partial charge in [0.1, 0.15) is 0 Å². The molecule has 1 saturated heterocycles. The number of hydrogen-bond donors (Lipinski definition) is 0. The molecule has 0 unspecified atom stereocenters. The number of fused-ring (bicyclic) bond motifs is 1. The Morgan fingerprint density at radius 1 is 1.19 bits per heavy atom. The van der Waals surface area contributed by atoms with E-state index in [9.17, 15) is 4.79 Å². The summed E-state index contributed by atoms with van der Waals surface area (Å²) < 4.78 is 7.74. The molecule has 0 aromatic carbocycles. The van der Waals surface area contributed by atoms with E-state index < -0.39 is 0 Å². The predicted octanol–water partition coefficient (Wildman–Crippen LogP) is 3.05. The summed E-state index contributed by atoms with van der Waals surface area (Å²) in [5, 5.41) is 4.54. The van der Waals surface area contributed by atoms with E-state index in [0.29, 0.717) is 30.2 Å². The van der Waals surface area contributed by atoms with Gasteiger partial charge in [-0.15, -0.1) is 5.10 Å². The molecule has 2 fully saturated rings. The van der Waals surface area contributed by atoms with Gasteiger partial charge in [0.25, 0.3) is 0 Å². The first-order valence-corrected chi connectivity index (χ1v) is 9.68. The summed E-state index contributed by atoms with van der Waals surface area (Å²) in [5.74, 6) is 1.81. The molecule has 0 bridgehead atoms. The number of carbonyl (C=O) groups is 1. The molecule has 4 rings (SSSR count). The first kappa shape index (κ1) is 17.3. The van der Waals surface area contributed by atoms with Gasteiger partial charge in [0.15, 0.2) is 5.65 Å². The molecule has 0 N–H and O–H groups in total. The van der Waals surface area contributed by atoms with E-state index in [0.717, 1.165) is 50.1 Å². The summed E-state index contributed by atoms with van der Waals surface area (Å²) in [6.07, 6.45) is 6.17. The first-order chi connectivity index (χ1) is 12.4. The molecule has 6 heteroatoms. The van der Waals surface area contributed by atoms with Crippen molar-refractivity contribution >= 4 is 11.6 Å². The van der Waals surface area contributed by atoms with E-state index in [1.165, 1.54) is 0 Å². The summed E-state index contributed by atoms with van der Waals surface area (Å²) in [4.78, 5) is 18.8. The number of imidazole rings is 1. The number of hydrogen-bond acceptors (Lipinski definition) is 4. The van der Waals surface area contributed by atoms with Gasteiger partial charge in [-0.2, -0.15) is 0 Å². The third-order valence-corrected chi connectivity index (χ3v) is 5.38. The highest BCUT2D eigenvalue weighted by molar-refractivity contribution is 5.81. The average Bonchev–Trinajstić information content (AvgIpc) is 3.37. The Kier molecular flexibility index (Phi) is 4.37. The predicted molar refractivity (Wildman–Crippen MR) is 99.2 cm³/mol. The molecule has 1 aliphatic heterocycles. The molecule has 1 saturated carbocycles. The van der Waals surface area contributed by atoms with Crippen molar-refractivity contribution in [2.45, 2.75) is 51.9 Å². The van der Waals surface area contributed by atoms with Crippen LogP contribution < -0.4 is 4.74 Å². The minimum Gasteiger partial charge on any atom is -0.476 e. The number of piperidine rings is 1.